The summed E-state index contributed by atoms with van der Waals surface area (Å²) in [5.74, 6) is 0.130. The van der Waals surface area contributed by atoms with Crippen LogP contribution in [0.4, 0.5) is 19.1 Å². The number of nitrogens with one attached hydrogen (secondary N) is 1. The van der Waals surface area contributed by atoms with Crippen LogP contribution in [0, 0.1) is 0 Å². The summed E-state index contributed by atoms with van der Waals surface area (Å²) in [6, 6.07) is 5.50. The minimum atomic E-state index is -4.67. The number of fused-ring (bicyclic) bond motifs is 3. The van der Waals surface area contributed by atoms with Gasteiger partial charge in [0, 0.05) is 31.1 Å². The summed E-state index contributed by atoms with van der Waals surface area (Å²) >= 11 is 0. The van der Waals surface area contributed by atoms with Crippen molar-refractivity contribution in [2.45, 2.75) is 69.4 Å². The Labute approximate surface area is 204 Å². The second kappa shape index (κ2) is 9.00. The smallest absolute Gasteiger partial charge is 0.356 e. The van der Waals surface area contributed by atoms with Crippen LogP contribution in [0.5, 0.6) is 0 Å². The molecule has 1 unspecified atom stereocenters. The molecular formula is C24H27F3N8O. The fraction of sp³-hybridized carbons (Fsp3) is 0.500. The van der Waals surface area contributed by atoms with E-state index in [4.69, 9.17) is 10.5 Å². The van der Waals surface area contributed by atoms with E-state index in [1.54, 1.807) is 15.4 Å². The fourth-order valence-electron chi connectivity index (χ4n) is 5.24. The molecule has 5 heterocycles. The molecular weight excluding hydrogens is 473 g/mol. The molecule has 0 aromatic carbocycles. The number of hydrogen-bond donors (Lipinski definition) is 2. The lowest BCUT2D eigenvalue weighted by Gasteiger charge is -2.27. The van der Waals surface area contributed by atoms with Gasteiger partial charge in [-0.25, -0.2) is 19.2 Å². The number of aromatic nitrogens is 6. The van der Waals surface area contributed by atoms with Gasteiger partial charge in [0.2, 0.25) is 5.95 Å². The molecule has 6 rings (SSSR count). The maximum atomic E-state index is 14.2. The third-order valence-corrected chi connectivity index (χ3v) is 6.98. The second-order valence-electron chi connectivity index (χ2n) is 9.57. The summed E-state index contributed by atoms with van der Waals surface area (Å²) in [7, 11) is 0. The summed E-state index contributed by atoms with van der Waals surface area (Å²) in [5.41, 5.74) is 6.08. The SMILES string of the molecule is N[C@H]1CCC[C@H](Nc2ncc(C(F)(F)F)c(-c3nn(C4CCCCO4)c4nn5ccccc5c34)n2)C1. The molecule has 4 aromatic heterocycles. The highest BCUT2D eigenvalue weighted by Crippen LogP contribution is 2.40. The summed E-state index contributed by atoms with van der Waals surface area (Å²) in [6.45, 7) is 0.563. The third-order valence-electron chi connectivity index (χ3n) is 6.98. The van der Waals surface area contributed by atoms with E-state index in [2.05, 4.69) is 25.5 Å². The van der Waals surface area contributed by atoms with E-state index in [0.29, 0.717) is 36.0 Å². The predicted molar refractivity (Wildman–Crippen MR) is 127 cm³/mol. The standard InChI is InChI=1S/C24H27F3N8O/c25-24(26,27)16-13-29-23(30-15-7-5-6-14(28)12-15)31-20(16)21-19-17-8-1-3-10-34(17)33-22(19)35(32-21)18-9-2-4-11-36-18/h1,3,8,10,13-15,18H,2,4-7,9,11-12,28H2,(H,29,30,31)/t14-,15-,18?/m0/s1. The van der Waals surface area contributed by atoms with Gasteiger partial charge >= 0.3 is 6.18 Å². The normalized spacial score (nSPS) is 23.4. The Hall–Kier alpha value is -3.25. The molecule has 3 atom stereocenters. The Bertz CT molecular complexity index is 1390. The van der Waals surface area contributed by atoms with E-state index >= 15 is 0 Å². The number of halogens is 3. The number of ether oxygens (including phenoxy) is 1. The van der Waals surface area contributed by atoms with Gasteiger partial charge in [0.1, 0.15) is 17.0 Å². The van der Waals surface area contributed by atoms with Crippen molar-refractivity contribution in [1.29, 1.82) is 0 Å². The number of pyridine rings is 1. The van der Waals surface area contributed by atoms with Crippen molar-refractivity contribution < 1.29 is 17.9 Å². The summed E-state index contributed by atoms with van der Waals surface area (Å²) < 4.78 is 51.7. The number of anilines is 1. The summed E-state index contributed by atoms with van der Waals surface area (Å²) in [5, 5.41) is 13.0. The molecule has 4 aromatic rings. The monoisotopic (exact) mass is 500 g/mol. The Morgan fingerprint density at radius 2 is 1.94 bits per heavy atom. The Morgan fingerprint density at radius 1 is 1.06 bits per heavy atom. The molecule has 1 saturated heterocycles. The van der Waals surface area contributed by atoms with Gasteiger partial charge in [0.25, 0.3) is 0 Å². The van der Waals surface area contributed by atoms with Crippen molar-refractivity contribution in [3.8, 4) is 11.4 Å². The van der Waals surface area contributed by atoms with Gasteiger partial charge in [0.05, 0.1) is 10.9 Å². The fourth-order valence-corrected chi connectivity index (χ4v) is 5.24. The average molecular weight is 501 g/mol. The van der Waals surface area contributed by atoms with Gasteiger partial charge in [-0.05, 0) is 57.1 Å². The first-order valence-electron chi connectivity index (χ1n) is 12.3. The van der Waals surface area contributed by atoms with Gasteiger partial charge in [-0.2, -0.15) is 18.3 Å². The van der Waals surface area contributed by atoms with Gasteiger partial charge in [0.15, 0.2) is 11.9 Å². The molecule has 190 valence electrons. The van der Waals surface area contributed by atoms with E-state index in [0.717, 1.165) is 38.3 Å². The zero-order valence-electron chi connectivity index (χ0n) is 19.6. The molecule has 0 bridgehead atoms. The van der Waals surface area contributed by atoms with Crippen molar-refractivity contribution >= 4 is 22.5 Å². The average Bonchev–Trinajstić information content (AvgIpc) is 3.41. The number of nitrogens with zero attached hydrogens (tertiary/aromatic N) is 6. The summed E-state index contributed by atoms with van der Waals surface area (Å²) in [4.78, 5) is 8.40. The van der Waals surface area contributed by atoms with Gasteiger partial charge in [-0.1, -0.05) is 6.07 Å². The van der Waals surface area contributed by atoms with Crippen LogP contribution in [0.25, 0.3) is 27.9 Å². The maximum Gasteiger partial charge on any atom is 0.420 e. The molecule has 1 aliphatic carbocycles. The molecule has 2 fully saturated rings. The van der Waals surface area contributed by atoms with Crippen molar-refractivity contribution in [3.63, 3.8) is 0 Å². The molecule has 12 heteroatoms. The van der Waals surface area contributed by atoms with Crippen LogP contribution < -0.4 is 11.1 Å². The van der Waals surface area contributed by atoms with Crippen molar-refractivity contribution in [2.75, 3.05) is 11.9 Å². The van der Waals surface area contributed by atoms with Crippen LogP contribution in [0.15, 0.2) is 30.6 Å². The number of rotatable bonds is 4. The zero-order valence-corrected chi connectivity index (χ0v) is 19.6. The zero-order chi connectivity index (χ0) is 24.9. The second-order valence-corrected chi connectivity index (χ2v) is 9.57. The molecule has 1 aliphatic heterocycles. The van der Waals surface area contributed by atoms with E-state index in [1.165, 1.54) is 0 Å². The van der Waals surface area contributed by atoms with E-state index < -0.39 is 18.0 Å². The number of alkyl halides is 3. The van der Waals surface area contributed by atoms with Gasteiger partial charge < -0.3 is 15.8 Å². The van der Waals surface area contributed by atoms with Crippen molar-refractivity contribution in [2.24, 2.45) is 5.73 Å². The van der Waals surface area contributed by atoms with Crippen LogP contribution >= 0.6 is 0 Å². The van der Waals surface area contributed by atoms with Gasteiger partial charge in [-0.3, -0.25) is 0 Å². The topological polar surface area (TPSA) is 108 Å². The minimum Gasteiger partial charge on any atom is -0.356 e. The molecule has 2 aliphatic rings. The number of nitrogens with two attached hydrogens (primary N) is 1. The van der Waals surface area contributed by atoms with Gasteiger partial charge in [-0.15, -0.1) is 5.10 Å². The van der Waals surface area contributed by atoms with E-state index in [9.17, 15) is 13.2 Å². The Kier molecular flexibility index (Phi) is 5.79. The molecule has 9 nitrogen and oxygen atoms in total. The maximum absolute atomic E-state index is 14.2. The lowest BCUT2D eigenvalue weighted by atomic mass is 9.92. The highest BCUT2D eigenvalue weighted by atomic mass is 19.4. The first kappa shape index (κ1) is 23.2. The lowest BCUT2D eigenvalue weighted by Crippen LogP contribution is -2.35. The quantitative estimate of drug-likeness (QED) is 0.424. The molecule has 0 amide bonds. The molecule has 0 spiro atoms. The van der Waals surface area contributed by atoms with Crippen LogP contribution in [0.1, 0.15) is 56.7 Å². The van der Waals surface area contributed by atoms with Crippen LogP contribution in [-0.4, -0.2) is 48.1 Å². The van der Waals surface area contributed by atoms with E-state index in [1.807, 2.05) is 18.2 Å². The van der Waals surface area contributed by atoms with Crippen LogP contribution in [0.2, 0.25) is 0 Å². The van der Waals surface area contributed by atoms with E-state index in [-0.39, 0.29) is 29.4 Å². The van der Waals surface area contributed by atoms with Crippen molar-refractivity contribution in [1.82, 2.24) is 29.4 Å². The third kappa shape index (κ3) is 4.17. The van der Waals surface area contributed by atoms with Crippen LogP contribution in [-0.2, 0) is 10.9 Å². The predicted octanol–water partition coefficient (Wildman–Crippen LogP) is 4.54. The molecule has 3 N–H and O–H groups in total. The lowest BCUT2D eigenvalue weighted by molar-refractivity contribution is -0.137. The van der Waals surface area contributed by atoms with Crippen LogP contribution in [0.3, 0.4) is 0 Å². The minimum absolute atomic E-state index is 0.00327. The number of hydrogen-bond acceptors (Lipinski definition) is 7. The largest absolute Gasteiger partial charge is 0.420 e. The first-order chi connectivity index (χ1) is 17.4. The molecule has 36 heavy (non-hydrogen) atoms. The molecule has 0 radical (unpaired) electrons. The molecule has 1 saturated carbocycles. The highest BCUT2D eigenvalue weighted by Gasteiger charge is 2.38. The Morgan fingerprint density at radius 3 is 2.72 bits per heavy atom. The van der Waals surface area contributed by atoms with Crippen molar-refractivity contribution in [3.05, 3.63) is 36.2 Å². The summed E-state index contributed by atoms with van der Waals surface area (Å²) in [6.07, 6.45) is 3.55. The first-order valence-corrected chi connectivity index (χ1v) is 12.3. The Balaban J connectivity index is 1.53. The highest BCUT2D eigenvalue weighted by molar-refractivity contribution is 6.03.